The molecule has 2 heterocycles. The molecule has 6 heteroatoms. The summed E-state index contributed by atoms with van der Waals surface area (Å²) < 4.78 is 13.2. The lowest BCUT2D eigenvalue weighted by Crippen LogP contribution is -2.22. The van der Waals surface area contributed by atoms with Crippen LogP contribution in [-0.4, -0.2) is 15.7 Å². The second-order valence-corrected chi connectivity index (χ2v) is 6.07. The average molecular weight is 353 g/mol. The van der Waals surface area contributed by atoms with E-state index >= 15 is 0 Å². The molecule has 0 aliphatic carbocycles. The monoisotopic (exact) mass is 353 g/mol. The molecule has 0 aliphatic heterocycles. The maximum atomic E-state index is 12.3. The molecule has 3 aromatic rings. The molecule has 0 radical (unpaired) electrons. The van der Waals surface area contributed by atoms with E-state index in [9.17, 15) is 4.79 Å². The molecule has 0 fully saturated rings. The normalized spacial score (nSPS) is 10.7. The third-order valence-corrected chi connectivity index (χ3v) is 4.29. The molecule has 0 spiro atoms. The zero-order valence-corrected chi connectivity index (χ0v) is 15.3. The quantitative estimate of drug-likeness (QED) is 0.704. The summed E-state index contributed by atoms with van der Waals surface area (Å²) in [5.41, 5.74) is 3.11. The number of carbonyl (C=O) groups is 1. The predicted molar refractivity (Wildman–Crippen MR) is 98.0 cm³/mol. The highest BCUT2D eigenvalue weighted by Gasteiger charge is 2.13. The number of ether oxygens (including phenoxy) is 1. The van der Waals surface area contributed by atoms with Crippen molar-refractivity contribution in [2.75, 3.05) is 0 Å². The summed E-state index contributed by atoms with van der Waals surface area (Å²) in [7, 11) is 0. The third-order valence-electron chi connectivity index (χ3n) is 4.29. The van der Waals surface area contributed by atoms with Crippen LogP contribution in [0.5, 0.6) is 5.75 Å². The maximum absolute atomic E-state index is 12.3. The van der Waals surface area contributed by atoms with Gasteiger partial charge in [0.2, 0.25) is 0 Å². The number of aromatic nitrogens is 2. The molecule has 0 unspecified atom stereocenters. The Labute approximate surface area is 152 Å². The lowest BCUT2D eigenvalue weighted by Gasteiger charge is -2.07. The largest absolute Gasteiger partial charge is 0.485 e. The van der Waals surface area contributed by atoms with E-state index < -0.39 is 0 Å². The number of benzene rings is 1. The second-order valence-electron chi connectivity index (χ2n) is 6.07. The van der Waals surface area contributed by atoms with Crippen LogP contribution in [0.15, 0.2) is 47.0 Å². The van der Waals surface area contributed by atoms with Crippen LogP contribution >= 0.6 is 0 Å². The fourth-order valence-electron chi connectivity index (χ4n) is 2.68. The number of furan rings is 1. The number of amides is 1. The average Bonchev–Trinajstić information content (AvgIpc) is 3.26. The van der Waals surface area contributed by atoms with E-state index in [1.165, 1.54) is 0 Å². The van der Waals surface area contributed by atoms with Crippen molar-refractivity contribution < 1.29 is 13.9 Å². The lowest BCUT2D eigenvalue weighted by atomic mass is 10.2. The first kappa shape index (κ1) is 17.8. The van der Waals surface area contributed by atoms with Crippen LogP contribution < -0.4 is 10.1 Å². The smallest absolute Gasteiger partial charge is 0.287 e. The second kappa shape index (κ2) is 7.91. The molecule has 1 aromatic carbocycles. The van der Waals surface area contributed by atoms with Crippen LogP contribution in [-0.2, 0) is 19.7 Å². The minimum Gasteiger partial charge on any atom is -0.485 e. The standard InChI is InChI=1S/C20H23N3O3/c1-4-23-15(3)16(12-22-23)11-21-20(24)19-10-9-17(26-19)13-25-18-8-6-5-7-14(18)2/h5-10,12H,4,11,13H2,1-3H3,(H,21,24). The molecule has 2 aromatic heterocycles. The van der Waals surface area contributed by atoms with Gasteiger partial charge in [-0.05, 0) is 44.5 Å². The van der Waals surface area contributed by atoms with Gasteiger partial charge in [0.1, 0.15) is 18.1 Å². The van der Waals surface area contributed by atoms with Crippen LogP contribution in [0.2, 0.25) is 0 Å². The van der Waals surface area contributed by atoms with E-state index in [1.54, 1.807) is 18.3 Å². The van der Waals surface area contributed by atoms with E-state index in [4.69, 9.17) is 9.15 Å². The van der Waals surface area contributed by atoms with Crippen LogP contribution in [0, 0.1) is 13.8 Å². The van der Waals surface area contributed by atoms with Crippen molar-refractivity contribution in [1.29, 1.82) is 0 Å². The summed E-state index contributed by atoms with van der Waals surface area (Å²) in [4.78, 5) is 12.3. The summed E-state index contributed by atoms with van der Waals surface area (Å²) in [6.07, 6.45) is 1.78. The number of hydrogen-bond donors (Lipinski definition) is 1. The van der Waals surface area contributed by atoms with E-state index in [0.29, 0.717) is 12.3 Å². The van der Waals surface area contributed by atoms with Gasteiger partial charge < -0.3 is 14.5 Å². The molecule has 3 rings (SSSR count). The van der Waals surface area contributed by atoms with Crippen LogP contribution in [0.25, 0.3) is 0 Å². The van der Waals surface area contributed by atoms with Gasteiger partial charge in [-0.2, -0.15) is 5.10 Å². The van der Waals surface area contributed by atoms with Gasteiger partial charge >= 0.3 is 0 Å². The molecule has 1 amide bonds. The summed E-state index contributed by atoms with van der Waals surface area (Å²) in [5.74, 6) is 1.43. The van der Waals surface area contributed by atoms with E-state index in [-0.39, 0.29) is 18.3 Å². The van der Waals surface area contributed by atoms with Gasteiger partial charge in [-0.15, -0.1) is 0 Å². The van der Waals surface area contributed by atoms with Gasteiger partial charge in [-0.3, -0.25) is 9.48 Å². The molecule has 0 atom stereocenters. The Kier molecular flexibility index (Phi) is 5.41. The van der Waals surface area contributed by atoms with Crippen molar-refractivity contribution in [1.82, 2.24) is 15.1 Å². The van der Waals surface area contributed by atoms with Gasteiger partial charge in [0, 0.05) is 24.3 Å². The third kappa shape index (κ3) is 3.96. The van der Waals surface area contributed by atoms with Gasteiger partial charge in [0.25, 0.3) is 5.91 Å². The van der Waals surface area contributed by atoms with E-state index in [1.807, 2.05) is 49.7 Å². The highest BCUT2D eigenvalue weighted by Crippen LogP contribution is 2.18. The fraction of sp³-hybridized carbons (Fsp3) is 0.300. The molecular formula is C20H23N3O3. The molecule has 0 bridgehead atoms. The van der Waals surface area contributed by atoms with Crippen LogP contribution in [0.4, 0.5) is 0 Å². The molecule has 0 saturated carbocycles. The Morgan fingerprint density at radius 3 is 2.77 bits per heavy atom. The molecule has 0 aliphatic rings. The number of carbonyl (C=O) groups excluding carboxylic acids is 1. The first-order chi connectivity index (χ1) is 12.6. The van der Waals surface area contributed by atoms with Crippen molar-refractivity contribution in [2.45, 2.75) is 40.5 Å². The van der Waals surface area contributed by atoms with Crippen LogP contribution in [0.3, 0.4) is 0 Å². The minimum atomic E-state index is -0.254. The molecule has 26 heavy (non-hydrogen) atoms. The van der Waals surface area contributed by atoms with Crippen molar-refractivity contribution in [2.24, 2.45) is 0 Å². The van der Waals surface area contributed by atoms with E-state index in [2.05, 4.69) is 10.4 Å². The first-order valence-corrected chi connectivity index (χ1v) is 8.65. The van der Waals surface area contributed by atoms with Gasteiger partial charge in [0.05, 0.1) is 6.20 Å². The van der Waals surface area contributed by atoms with Gasteiger partial charge in [0.15, 0.2) is 5.76 Å². The number of rotatable bonds is 7. The predicted octanol–water partition coefficient (Wildman–Crippen LogP) is 3.62. The fourth-order valence-corrected chi connectivity index (χ4v) is 2.68. The zero-order valence-electron chi connectivity index (χ0n) is 15.3. The number of para-hydroxylation sites is 1. The summed E-state index contributed by atoms with van der Waals surface area (Å²) in [6.45, 7) is 7.51. The van der Waals surface area contributed by atoms with Gasteiger partial charge in [-0.25, -0.2) is 0 Å². The lowest BCUT2D eigenvalue weighted by molar-refractivity contribution is 0.0919. The topological polar surface area (TPSA) is 69.3 Å². The van der Waals surface area contributed by atoms with Crippen molar-refractivity contribution in [3.8, 4) is 5.75 Å². The highest BCUT2D eigenvalue weighted by atomic mass is 16.5. The number of nitrogens with zero attached hydrogens (tertiary/aromatic N) is 2. The molecule has 0 saturated heterocycles. The van der Waals surface area contributed by atoms with E-state index in [0.717, 1.165) is 29.1 Å². The number of nitrogens with one attached hydrogen (secondary N) is 1. The van der Waals surface area contributed by atoms with Crippen LogP contribution in [0.1, 0.15) is 40.1 Å². The van der Waals surface area contributed by atoms with Crippen molar-refractivity contribution >= 4 is 5.91 Å². The Morgan fingerprint density at radius 1 is 1.23 bits per heavy atom. The zero-order chi connectivity index (χ0) is 18.5. The summed E-state index contributed by atoms with van der Waals surface area (Å²) in [5, 5.41) is 7.14. The summed E-state index contributed by atoms with van der Waals surface area (Å²) in [6, 6.07) is 11.2. The Hall–Kier alpha value is -3.02. The highest BCUT2D eigenvalue weighted by molar-refractivity contribution is 5.91. The molecular weight excluding hydrogens is 330 g/mol. The Balaban J connectivity index is 1.56. The van der Waals surface area contributed by atoms with Crippen molar-refractivity contribution in [3.05, 3.63) is 70.9 Å². The SMILES string of the molecule is CCn1ncc(CNC(=O)c2ccc(COc3ccccc3C)o2)c1C. The van der Waals surface area contributed by atoms with Crippen molar-refractivity contribution in [3.63, 3.8) is 0 Å². The molecule has 1 N–H and O–H groups in total. The molecule has 6 nitrogen and oxygen atoms in total. The summed E-state index contributed by atoms with van der Waals surface area (Å²) >= 11 is 0. The Morgan fingerprint density at radius 2 is 2.04 bits per heavy atom. The first-order valence-electron chi connectivity index (χ1n) is 8.65. The number of aryl methyl sites for hydroxylation is 2. The number of hydrogen-bond acceptors (Lipinski definition) is 4. The molecule has 136 valence electrons. The minimum absolute atomic E-state index is 0.254. The maximum Gasteiger partial charge on any atom is 0.287 e. The van der Waals surface area contributed by atoms with Gasteiger partial charge in [-0.1, -0.05) is 18.2 Å². The Bertz CT molecular complexity index is 895.